The number of rotatable bonds is 4. The highest BCUT2D eigenvalue weighted by atomic mass is 15.0. The van der Waals surface area contributed by atoms with E-state index in [0.717, 1.165) is 25.2 Å². The highest BCUT2D eigenvalue weighted by Crippen LogP contribution is 2.45. The van der Waals surface area contributed by atoms with Crippen LogP contribution >= 0.6 is 0 Å². The van der Waals surface area contributed by atoms with Crippen molar-refractivity contribution in [2.24, 2.45) is 5.73 Å². The number of nitrogens with one attached hydrogen (secondary N) is 1. The molecule has 0 bridgehead atoms. The summed E-state index contributed by atoms with van der Waals surface area (Å²) in [6, 6.07) is 0. The van der Waals surface area contributed by atoms with Crippen LogP contribution in [0.3, 0.4) is 0 Å². The molecule has 2 rings (SSSR count). The number of H-pyrrole nitrogens is 1. The Balaban J connectivity index is 2.13. The Hall–Kier alpha value is -0.830. The second-order valence-electron chi connectivity index (χ2n) is 3.99. The molecule has 3 heteroatoms. The first kappa shape index (κ1) is 8.75. The van der Waals surface area contributed by atoms with E-state index in [1.807, 2.05) is 6.20 Å². The molecule has 0 amide bonds. The molecule has 0 aliphatic heterocycles. The van der Waals surface area contributed by atoms with Gasteiger partial charge in [-0.15, -0.1) is 0 Å². The summed E-state index contributed by atoms with van der Waals surface area (Å²) >= 11 is 0. The highest BCUT2D eigenvalue weighted by Gasteiger charge is 2.45. The quantitative estimate of drug-likeness (QED) is 0.733. The molecule has 0 radical (unpaired) electrons. The molecule has 1 aromatic rings. The van der Waals surface area contributed by atoms with Gasteiger partial charge < -0.3 is 10.7 Å². The van der Waals surface area contributed by atoms with Crippen molar-refractivity contribution in [2.75, 3.05) is 6.54 Å². The number of aryl methyl sites for hydroxylation is 1. The second kappa shape index (κ2) is 3.14. The highest BCUT2D eigenvalue weighted by molar-refractivity contribution is 5.20. The van der Waals surface area contributed by atoms with E-state index in [9.17, 15) is 0 Å². The molecule has 0 unspecified atom stereocenters. The van der Waals surface area contributed by atoms with Gasteiger partial charge in [0.1, 0.15) is 5.82 Å². The van der Waals surface area contributed by atoms with E-state index in [1.165, 1.54) is 18.5 Å². The van der Waals surface area contributed by atoms with Crippen molar-refractivity contribution in [3.8, 4) is 0 Å². The zero-order chi connectivity index (χ0) is 9.31. The average Bonchev–Trinajstić information content (AvgIpc) is 2.82. The van der Waals surface area contributed by atoms with Gasteiger partial charge in [-0.05, 0) is 19.3 Å². The van der Waals surface area contributed by atoms with Crippen LogP contribution in [0.15, 0.2) is 6.20 Å². The van der Waals surface area contributed by atoms with E-state index in [0.29, 0.717) is 0 Å². The zero-order valence-corrected chi connectivity index (χ0v) is 8.14. The maximum Gasteiger partial charge on any atom is 0.113 e. The largest absolute Gasteiger partial charge is 0.345 e. The van der Waals surface area contributed by atoms with Crippen LogP contribution in [-0.4, -0.2) is 16.5 Å². The van der Waals surface area contributed by atoms with Gasteiger partial charge >= 0.3 is 0 Å². The van der Waals surface area contributed by atoms with Crippen molar-refractivity contribution in [3.63, 3.8) is 0 Å². The van der Waals surface area contributed by atoms with Crippen LogP contribution in [0.5, 0.6) is 0 Å². The molecule has 1 aromatic heterocycles. The number of aromatic amines is 1. The molecule has 3 N–H and O–H groups in total. The molecule has 72 valence electrons. The van der Waals surface area contributed by atoms with Gasteiger partial charge in [0.25, 0.3) is 0 Å². The summed E-state index contributed by atoms with van der Waals surface area (Å²) in [5.41, 5.74) is 7.19. The van der Waals surface area contributed by atoms with Gasteiger partial charge in [0.15, 0.2) is 0 Å². The van der Waals surface area contributed by atoms with Crippen LogP contribution in [0, 0.1) is 0 Å². The van der Waals surface area contributed by atoms with Crippen LogP contribution in [0.2, 0.25) is 0 Å². The van der Waals surface area contributed by atoms with Gasteiger partial charge in [-0.3, -0.25) is 0 Å². The number of aromatic nitrogens is 2. The van der Waals surface area contributed by atoms with E-state index < -0.39 is 0 Å². The molecular formula is C10H17N3. The van der Waals surface area contributed by atoms with Gasteiger partial charge in [0.05, 0.1) is 0 Å². The van der Waals surface area contributed by atoms with E-state index in [-0.39, 0.29) is 5.41 Å². The minimum Gasteiger partial charge on any atom is -0.345 e. The number of imidazole rings is 1. The zero-order valence-electron chi connectivity index (χ0n) is 8.14. The predicted molar refractivity (Wildman–Crippen MR) is 52.5 cm³/mol. The minimum absolute atomic E-state index is 0.214. The van der Waals surface area contributed by atoms with Crippen LogP contribution in [-0.2, 0) is 11.8 Å². The Kier molecular flexibility index (Phi) is 2.12. The molecule has 1 aliphatic carbocycles. The maximum atomic E-state index is 5.72. The lowest BCUT2D eigenvalue weighted by molar-refractivity contribution is 0.656. The van der Waals surface area contributed by atoms with E-state index >= 15 is 0 Å². The molecule has 0 aromatic carbocycles. The number of hydrogen-bond acceptors (Lipinski definition) is 2. The van der Waals surface area contributed by atoms with Gasteiger partial charge in [-0.25, -0.2) is 4.98 Å². The average molecular weight is 179 g/mol. The van der Waals surface area contributed by atoms with E-state index in [4.69, 9.17) is 5.73 Å². The Bertz CT molecular complexity index is 286. The van der Waals surface area contributed by atoms with Crippen molar-refractivity contribution in [1.82, 2.24) is 9.97 Å². The molecule has 1 heterocycles. The SMILES string of the molecule is CCCc1cnc(C2(CN)CC2)[nH]1. The van der Waals surface area contributed by atoms with E-state index in [1.54, 1.807) is 0 Å². The summed E-state index contributed by atoms with van der Waals surface area (Å²) in [5.74, 6) is 1.11. The molecule has 0 spiro atoms. The molecule has 1 fully saturated rings. The van der Waals surface area contributed by atoms with Gasteiger partial charge in [0, 0.05) is 23.9 Å². The summed E-state index contributed by atoms with van der Waals surface area (Å²) in [5, 5.41) is 0. The smallest absolute Gasteiger partial charge is 0.113 e. The minimum atomic E-state index is 0.214. The van der Waals surface area contributed by atoms with Crippen LogP contribution in [0.1, 0.15) is 37.7 Å². The lowest BCUT2D eigenvalue weighted by Crippen LogP contribution is -2.21. The van der Waals surface area contributed by atoms with Gasteiger partial charge in [0.2, 0.25) is 0 Å². The second-order valence-corrected chi connectivity index (χ2v) is 3.99. The first-order chi connectivity index (χ1) is 6.30. The van der Waals surface area contributed by atoms with Crippen LogP contribution in [0.25, 0.3) is 0 Å². The topological polar surface area (TPSA) is 54.7 Å². The molecular weight excluding hydrogens is 162 g/mol. The third kappa shape index (κ3) is 1.48. The Morgan fingerprint density at radius 3 is 2.92 bits per heavy atom. The molecule has 0 atom stereocenters. The van der Waals surface area contributed by atoms with Crippen molar-refractivity contribution in [1.29, 1.82) is 0 Å². The summed E-state index contributed by atoms with van der Waals surface area (Å²) in [4.78, 5) is 7.78. The Morgan fingerprint density at radius 2 is 2.38 bits per heavy atom. The van der Waals surface area contributed by atoms with Crippen molar-refractivity contribution in [3.05, 3.63) is 17.7 Å². The molecule has 1 aliphatic rings. The Labute approximate surface area is 78.7 Å². The summed E-state index contributed by atoms with van der Waals surface area (Å²) < 4.78 is 0. The van der Waals surface area contributed by atoms with Crippen LogP contribution < -0.4 is 5.73 Å². The maximum absolute atomic E-state index is 5.72. The van der Waals surface area contributed by atoms with Crippen molar-refractivity contribution in [2.45, 2.75) is 38.0 Å². The number of hydrogen-bond donors (Lipinski definition) is 2. The summed E-state index contributed by atoms with van der Waals surface area (Å²) in [7, 11) is 0. The van der Waals surface area contributed by atoms with Gasteiger partial charge in [-0.2, -0.15) is 0 Å². The molecule has 1 saturated carbocycles. The first-order valence-electron chi connectivity index (χ1n) is 5.05. The third-order valence-corrected chi connectivity index (χ3v) is 2.89. The first-order valence-corrected chi connectivity index (χ1v) is 5.05. The van der Waals surface area contributed by atoms with E-state index in [2.05, 4.69) is 16.9 Å². The fourth-order valence-electron chi connectivity index (χ4n) is 1.71. The van der Waals surface area contributed by atoms with Gasteiger partial charge in [-0.1, -0.05) is 13.3 Å². The fourth-order valence-corrected chi connectivity index (χ4v) is 1.71. The number of nitrogens with two attached hydrogens (primary N) is 1. The van der Waals surface area contributed by atoms with Crippen LogP contribution in [0.4, 0.5) is 0 Å². The van der Waals surface area contributed by atoms with Crippen molar-refractivity contribution < 1.29 is 0 Å². The summed E-state index contributed by atoms with van der Waals surface area (Å²) in [6.07, 6.45) is 6.60. The summed E-state index contributed by atoms with van der Waals surface area (Å²) in [6.45, 7) is 2.91. The predicted octanol–water partition coefficient (Wildman–Crippen LogP) is 1.35. The molecule has 13 heavy (non-hydrogen) atoms. The lowest BCUT2D eigenvalue weighted by atomic mass is 10.1. The normalized spacial score (nSPS) is 18.9. The molecule has 3 nitrogen and oxygen atoms in total. The standard InChI is InChI=1S/C10H17N3/c1-2-3-8-6-12-9(13-8)10(7-11)4-5-10/h6H,2-5,7,11H2,1H3,(H,12,13). The lowest BCUT2D eigenvalue weighted by Gasteiger charge is -2.07. The van der Waals surface area contributed by atoms with Crippen molar-refractivity contribution >= 4 is 0 Å². The Morgan fingerprint density at radius 1 is 1.62 bits per heavy atom. The fraction of sp³-hybridized carbons (Fsp3) is 0.700. The monoisotopic (exact) mass is 179 g/mol. The third-order valence-electron chi connectivity index (χ3n) is 2.89. The molecule has 0 saturated heterocycles. The number of nitrogens with zero attached hydrogens (tertiary/aromatic N) is 1.